The number of hydrogen-bond donors (Lipinski definition) is 2. The molecular formula is C18H19FN4O. The van der Waals surface area contributed by atoms with Gasteiger partial charge in [-0.3, -0.25) is 0 Å². The molecule has 0 radical (unpaired) electrons. The maximum atomic E-state index is 13.8. The summed E-state index contributed by atoms with van der Waals surface area (Å²) in [6, 6.07) is 14.2. The fourth-order valence-electron chi connectivity index (χ4n) is 2.37. The van der Waals surface area contributed by atoms with E-state index in [1.807, 2.05) is 24.3 Å². The summed E-state index contributed by atoms with van der Waals surface area (Å²) < 4.78 is 18.9. The van der Waals surface area contributed by atoms with Gasteiger partial charge in [-0.2, -0.15) is 4.98 Å². The minimum atomic E-state index is -0.344. The number of halogens is 1. The zero-order chi connectivity index (χ0) is 16.8. The molecule has 0 atom stereocenters. The van der Waals surface area contributed by atoms with E-state index in [2.05, 4.69) is 20.6 Å². The molecule has 124 valence electrons. The minimum absolute atomic E-state index is 0.344. The van der Waals surface area contributed by atoms with E-state index in [0.29, 0.717) is 18.2 Å². The van der Waals surface area contributed by atoms with Crippen molar-refractivity contribution in [2.45, 2.75) is 6.42 Å². The first kappa shape index (κ1) is 16.1. The van der Waals surface area contributed by atoms with Gasteiger partial charge in [0.2, 0.25) is 5.95 Å². The lowest BCUT2D eigenvalue weighted by Gasteiger charge is -2.12. The largest absolute Gasteiger partial charge is 0.385 e. The molecule has 0 aliphatic rings. The summed E-state index contributed by atoms with van der Waals surface area (Å²) in [6.45, 7) is 1.41. The fraction of sp³-hybridized carbons (Fsp3) is 0.222. The molecule has 1 aromatic heterocycles. The third-order valence-electron chi connectivity index (χ3n) is 3.54. The van der Waals surface area contributed by atoms with Crippen LogP contribution in [0.15, 0.2) is 48.5 Å². The Balaban J connectivity index is 1.89. The second-order valence-corrected chi connectivity index (χ2v) is 5.29. The maximum absolute atomic E-state index is 13.8. The minimum Gasteiger partial charge on any atom is -0.385 e. The highest BCUT2D eigenvalue weighted by Gasteiger charge is 2.09. The molecule has 6 heteroatoms. The van der Waals surface area contributed by atoms with Crippen LogP contribution < -0.4 is 10.6 Å². The van der Waals surface area contributed by atoms with Crippen LogP contribution in [0.2, 0.25) is 0 Å². The van der Waals surface area contributed by atoms with Crippen LogP contribution in [-0.2, 0) is 4.74 Å². The molecule has 3 rings (SSSR count). The SMILES string of the molecule is COCCCNc1nc(Nc2ccccc2F)nc2ccccc12. The molecule has 0 aliphatic heterocycles. The van der Waals surface area contributed by atoms with Crippen molar-refractivity contribution < 1.29 is 9.13 Å². The Kier molecular flexibility index (Phi) is 5.18. The maximum Gasteiger partial charge on any atom is 0.229 e. The Hall–Kier alpha value is -2.73. The summed E-state index contributed by atoms with van der Waals surface area (Å²) in [6.07, 6.45) is 0.866. The Bertz CT molecular complexity index is 825. The second-order valence-electron chi connectivity index (χ2n) is 5.29. The van der Waals surface area contributed by atoms with Crippen molar-refractivity contribution in [2.75, 3.05) is 30.9 Å². The molecule has 0 aliphatic carbocycles. The molecule has 3 aromatic rings. The molecule has 0 amide bonds. The molecule has 0 fully saturated rings. The van der Waals surface area contributed by atoms with Gasteiger partial charge in [0.25, 0.3) is 0 Å². The van der Waals surface area contributed by atoms with Crippen molar-refractivity contribution in [1.82, 2.24) is 9.97 Å². The van der Waals surface area contributed by atoms with E-state index < -0.39 is 0 Å². The number of nitrogens with zero attached hydrogens (tertiary/aromatic N) is 2. The lowest BCUT2D eigenvalue weighted by Crippen LogP contribution is -2.08. The van der Waals surface area contributed by atoms with Gasteiger partial charge in [-0.15, -0.1) is 0 Å². The third kappa shape index (κ3) is 3.78. The van der Waals surface area contributed by atoms with Crippen LogP contribution in [0.1, 0.15) is 6.42 Å². The highest BCUT2D eigenvalue weighted by molar-refractivity contribution is 5.90. The smallest absolute Gasteiger partial charge is 0.229 e. The van der Waals surface area contributed by atoms with Crippen LogP contribution >= 0.6 is 0 Å². The summed E-state index contributed by atoms with van der Waals surface area (Å²) in [7, 11) is 1.68. The van der Waals surface area contributed by atoms with E-state index in [9.17, 15) is 4.39 Å². The highest BCUT2D eigenvalue weighted by Crippen LogP contribution is 2.24. The molecule has 5 nitrogen and oxygen atoms in total. The number of fused-ring (bicyclic) bond motifs is 1. The Morgan fingerprint density at radius 2 is 1.83 bits per heavy atom. The van der Waals surface area contributed by atoms with Gasteiger partial charge in [-0.05, 0) is 30.7 Å². The highest BCUT2D eigenvalue weighted by atomic mass is 19.1. The van der Waals surface area contributed by atoms with E-state index >= 15 is 0 Å². The van der Waals surface area contributed by atoms with E-state index in [-0.39, 0.29) is 5.82 Å². The first-order valence-electron chi connectivity index (χ1n) is 7.79. The van der Waals surface area contributed by atoms with Crippen molar-refractivity contribution in [3.05, 3.63) is 54.3 Å². The second kappa shape index (κ2) is 7.70. The predicted octanol–water partition coefficient (Wildman–Crippen LogP) is 3.96. The Labute approximate surface area is 139 Å². The molecule has 0 saturated heterocycles. The van der Waals surface area contributed by atoms with Gasteiger partial charge >= 0.3 is 0 Å². The van der Waals surface area contributed by atoms with Crippen molar-refractivity contribution in [3.8, 4) is 0 Å². The summed E-state index contributed by atoms with van der Waals surface area (Å²) in [5.41, 5.74) is 1.14. The summed E-state index contributed by atoms with van der Waals surface area (Å²) >= 11 is 0. The zero-order valence-corrected chi connectivity index (χ0v) is 13.4. The molecule has 0 spiro atoms. The van der Waals surface area contributed by atoms with Gasteiger partial charge in [0, 0.05) is 25.6 Å². The lowest BCUT2D eigenvalue weighted by molar-refractivity contribution is 0.198. The van der Waals surface area contributed by atoms with E-state index in [1.54, 1.807) is 25.3 Å². The summed E-state index contributed by atoms with van der Waals surface area (Å²) in [5.74, 6) is 0.729. The van der Waals surface area contributed by atoms with E-state index in [0.717, 1.165) is 29.7 Å². The Morgan fingerprint density at radius 1 is 1.04 bits per heavy atom. The van der Waals surface area contributed by atoms with Crippen LogP contribution in [0.4, 0.5) is 21.8 Å². The van der Waals surface area contributed by atoms with Gasteiger partial charge in [-0.25, -0.2) is 9.37 Å². The summed E-state index contributed by atoms with van der Waals surface area (Å²) in [4.78, 5) is 8.96. The van der Waals surface area contributed by atoms with Gasteiger partial charge in [0.1, 0.15) is 11.6 Å². The normalized spacial score (nSPS) is 10.8. The quantitative estimate of drug-likeness (QED) is 0.644. The lowest BCUT2D eigenvalue weighted by atomic mass is 10.2. The zero-order valence-electron chi connectivity index (χ0n) is 13.4. The number of para-hydroxylation sites is 2. The number of hydrogen-bond acceptors (Lipinski definition) is 5. The van der Waals surface area contributed by atoms with Crippen molar-refractivity contribution in [2.24, 2.45) is 0 Å². The number of benzene rings is 2. The monoisotopic (exact) mass is 326 g/mol. The van der Waals surface area contributed by atoms with Crippen molar-refractivity contribution in [3.63, 3.8) is 0 Å². The molecule has 0 saturated carbocycles. The number of methoxy groups -OCH3 is 1. The van der Waals surface area contributed by atoms with Gasteiger partial charge in [-0.1, -0.05) is 24.3 Å². The van der Waals surface area contributed by atoms with E-state index in [1.165, 1.54) is 6.07 Å². The first-order valence-corrected chi connectivity index (χ1v) is 7.79. The van der Waals surface area contributed by atoms with Gasteiger partial charge < -0.3 is 15.4 Å². The number of anilines is 3. The number of ether oxygens (including phenoxy) is 1. The molecule has 0 bridgehead atoms. The Morgan fingerprint density at radius 3 is 2.67 bits per heavy atom. The molecule has 2 aromatic carbocycles. The first-order chi connectivity index (χ1) is 11.8. The molecular weight excluding hydrogens is 307 g/mol. The van der Waals surface area contributed by atoms with Crippen molar-refractivity contribution in [1.29, 1.82) is 0 Å². The van der Waals surface area contributed by atoms with Crippen LogP contribution in [0.25, 0.3) is 10.9 Å². The average molecular weight is 326 g/mol. The predicted molar refractivity (Wildman–Crippen MR) is 94.2 cm³/mol. The number of nitrogens with one attached hydrogen (secondary N) is 2. The van der Waals surface area contributed by atoms with Crippen molar-refractivity contribution >= 4 is 28.4 Å². The fourth-order valence-corrected chi connectivity index (χ4v) is 2.37. The molecule has 24 heavy (non-hydrogen) atoms. The standard InChI is InChI=1S/C18H19FN4O/c1-24-12-6-11-20-17-13-7-2-4-9-15(13)21-18(23-17)22-16-10-5-3-8-14(16)19/h2-5,7-10H,6,11-12H2,1H3,(H2,20,21,22,23). The van der Waals surface area contributed by atoms with E-state index in [4.69, 9.17) is 4.74 Å². The number of aromatic nitrogens is 2. The number of rotatable bonds is 7. The topological polar surface area (TPSA) is 59.1 Å². The van der Waals surface area contributed by atoms with Crippen LogP contribution in [0.3, 0.4) is 0 Å². The van der Waals surface area contributed by atoms with Gasteiger partial charge in [0.15, 0.2) is 0 Å². The molecule has 1 heterocycles. The summed E-state index contributed by atoms with van der Waals surface area (Å²) in [5, 5.41) is 7.17. The van der Waals surface area contributed by atoms with Crippen LogP contribution in [-0.4, -0.2) is 30.2 Å². The molecule has 2 N–H and O–H groups in total. The van der Waals surface area contributed by atoms with Gasteiger partial charge in [0.05, 0.1) is 11.2 Å². The molecule has 0 unspecified atom stereocenters. The third-order valence-corrected chi connectivity index (χ3v) is 3.54. The van der Waals surface area contributed by atoms with Crippen LogP contribution in [0, 0.1) is 5.82 Å². The van der Waals surface area contributed by atoms with Crippen LogP contribution in [0.5, 0.6) is 0 Å². The average Bonchev–Trinajstić information content (AvgIpc) is 2.60.